The lowest BCUT2D eigenvalue weighted by atomic mass is 10.2. The standard InChI is InChI=1S/C14H14N6O/c1-21-19-7-11-13(15)17-8-18-14(11)20-10-2-3-12-9(6-10)4-5-16-12/h2-8,16H,1H3,(H3,15,17,18,20). The van der Waals surface area contributed by atoms with Gasteiger partial charge in [-0.15, -0.1) is 0 Å². The van der Waals surface area contributed by atoms with Crippen LogP contribution in [0.4, 0.5) is 17.3 Å². The number of H-pyrrole nitrogens is 1. The van der Waals surface area contributed by atoms with Gasteiger partial charge in [0, 0.05) is 22.8 Å². The van der Waals surface area contributed by atoms with Crippen LogP contribution in [0.1, 0.15) is 5.56 Å². The SMILES string of the molecule is CON=Cc1c(N)ncnc1Nc1ccc2[nH]ccc2c1. The number of nitrogens with one attached hydrogen (secondary N) is 2. The fraction of sp³-hybridized carbons (Fsp3) is 0.0714. The molecule has 0 spiro atoms. The number of anilines is 3. The molecule has 1 aromatic carbocycles. The number of nitrogens with two attached hydrogens (primary N) is 1. The predicted octanol–water partition coefficient (Wildman–Crippen LogP) is 2.26. The molecule has 2 aromatic heterocycles. The van der Waals surface area contributed by atoms with Crippen LogP contribution >= 0.6 is 0 Å². The third kappa shape index (κ3) is 2.62. The maximum Gasteiger partial charge on any atom is 0.144 e. The highest BCUT2D eigenvalue weighted by atomic mass is 16.6. The summed E-state index contributed by atoms with van der Waals surface area (Å²) in [5.74, 6) is 0.897. The number of nitrogens with zero attached hydrogens (tertiary/aromatic N) is 3. The number of aromatic amines is 1. The Balaban J connectivity index is 1.96. The third-order valence-electron chi connectivity index (χ3n) is 3.02. The van der Waals surface area contributed by atoms with Crippen molar-refractivity contribution in [2.75, 3.05) is 18.2 Å². The van der Waals surface area contributed by atoms with Crippen LogP contribution in [-0.4, -0.2) is 28.3 Å². The zero-order chi connectivity index (χ0) is 14.7. The fourth-order valence-corrected chi connectivity index (χ4v) is 2.01. The second kappa shape index (κ2) is 5.49. The summed E-state index contributed by atoms with van der Waals surface area (Å²) in [5.41, 5.74) is 8.39. The Bertz CT molecular complexity index is 795. The molecule has 0 saturated heterocycles. The number of aromatic nitrogens is 3. The van der Waals surface area contributed by atoms with Crippen LogP contribution < -0.4 is 11.1 Å². The lowest BCUT2D eigenvalue weighted by molar-refractivity contribution is 0.215. The molecule has 0 unspecified atom stereocenters. The number of benzene rings is 1. The predicted molar refractivity (Wildman–Crippen MR) is 82.6 cm³/mol. The van der Waals surface area contributed by atoms with E-state index in [-0.39, 0.29) is 0 Å². The van der Waals surface area contributed by atoms with Crippen molar-refractivity contribution in [2.45, 2.75) is 0 Å². The molecule has 21 heavy (non-hydrogen) atoms. The minimum absolute atomic E-state index is 0.330. The highest BCUT2D eigenvalue weighted by Gasteiger charge is 2.08. The second-order valence-electron chi connectivity index (χ2n) is 4.34. The molecule has 4 N–H and O–H groups in total. The largest absolute Gasteiger partial charge is 0.399 e. The molecule has 0 aliphatic carbocycles. The van der Waals surface area contributed by atoms with E-state index in [1.807, 2.05) is 30.5 Å². The molecule has 7 heteroatoms. The van der Waals surface area contributed by atoms with Gasteiger partial charge in [-0.25, -0.2) is 9.97 Å². The number of oxime groups is 1. The normalized spacial score (nSPS) is 11.1. The maximum atomic E-state index is 5.85. The van der Waals surface area contributed by atoms with Crippen LogP contribution in [0.25, 0.3) is 10.9 Å². The average Bonchev–Trinajstić information content (AvgIpc) is 2.94. The van der Waals surface area contributed by atoms with Gasteiger partial charge in [-0.2, -0.15) is 0 Å². The zero-order valence-corrected chi connectivity index (χ0v) is 11.4. The van der Waals surface area contributed by atoms with Gasteiger partial charge in [-0.05, 0) is 24.3 Å². The van der Waals surface area contributed by atoms with Gasteiger partial charge in [-0.1, -0.05) is 5.16 Å². The first-order chi connectivity index (χ1) is 10.3. The molecule has 3 rings (SSSR count). The van der Waals surface area contributed by atoms with Crippen molar-refractivity contribution in [1.82, 2.24) is 15.0 Å². The topological polar surface area (TPSA) is 101 Å². The van der Waals surface area contributed by atoms with E-state index in [1.165, 1.54) is 19.7 Å². The summed E-state index contributed by atoms with van der Waals surface area (Å²) in [5, 5.41) is 8.03. The molecule has 0 aliphatic heterocycles. The van der Waals surface area contributed by atoms with E-state index in [4.69, 9.17) is 5.73 Å². The van der Waals surface area contributed by atoms with E-state index >= 15 is 0 Å². The van der Waals surface area contributed by atoms with E-state index in [0.717, 1.165) is 16.6 Å². The van der Waals surface area contributed by atoms with Crippen molar-refractivity contribution >= 4 is 34.4 Å². The lowest BCUT2D eigenvalue weighted by Crippen LogP contribution is -2.04. The van der Waals surface area contributed by atoms with E-state index in [2.05, 4.69) is 30.3 Å². The lowest BCUT2D eigenvalue weighted by Gasteiger charge is -2.09. The van der Waals surface area contributed by atoms with Crippen molar-refractivity contribution in [3.05, 3.63) is 42.4 Å². The Kier molecular flexibility index (Phi) is 3.38. The van der Waals surface area contributed by atoms with Gasteiger partial charge in [0.05, 0.1) is 11.8 Å². The highest BCUT2D eigenvalue weighted by Crippen LogP contribution is 2.23. The van der Waals surface area contributed by atoms with Crippen molar-refractivity contribution in [3.63, 3.8) is 0 Å². The molecule has 0 atom stereocenters. The van der Waals surface area contributed by atoms with E-state index in [9.17, 15) is 0 Å². The number of nitrogen functional groups attached to an aromatic ring is 1. The zero-order valence-electron chi connectivity index (χ0n) is 11.4. The first-order valence-corrected chi connectivity index (χ1v) is 6.29. The van der Waals surface area contributed by atoms with Gasteiger partial charge in [0.15, 0.2) is 0 Å². The molecule has 0 aliphatic rings. The van der Waals surface area contributed by atoms with Gasteiger partial charge >= 0.3 is 0 Å². The van der Waals surface area contributed by atoms with E-state index in [1.54, 1.807) is 0 Å². The first-order valence-electron chi connectivity index (χ1n) is 6.29. The molecular weight excluding hydrogens is 268 g/mol. The number of rotatable bonds is 4. The minimum Gasteiger partial charge on any atom is -0.399 e. The minimum atomic E-state index is 0.330. The van der Waals surface area contributed by atoms with Gasteiger partial charge in [0.2, 0.25) is 0 Å². The molecular formula is C14H14N6O. The summed E-state index contributed by atoms with van der Waals surface area (Å²) in [7, 11) is 1.46. The summed E-state index contributed by atoms with van der Waals surface area (Å²) in [6.45, 7) is 0. The summed E-state index contributed by atoms with van der Waals surface area (Å²) < 4.78 is 0. The highest BCUT2D eigenvalue weighted by molar-refractivity contribution is 5.93. The molecule has 0 radical (unpaired) electrons. The van der Waals surface area contributed by atoms with Crippen molar-refractivity contribution in [3.8, 4) is 0 Å². The summed E-state index contributed by atoms with van der Waals surface area (Å²) in [6.07, 6.45) is 4.77. The number of fused-ring (bicyclic) bond motifs is 1. The number of hydrogen-bond donors (Lipinski definition) is 3. The summed E-state index contributed by atoms with van der Waals surface area (Å²) >= 11 is 0. The molecule has 0 saturated carbocycles. The maximum absolute atomic E-state index is 5.85. The quantitative estimate of drug-likeness (QED) is 0.503. The van der Waals surface area contributed by atoms with Crippen LogP contribution in [0.2, 0.25) is 0 Å². The van der Waals surface area contributed by atoms with Crippen molar-refractivity contribution in [2.24, 2.45) is 5.16 Å². The Labute approximate surface area is 120 Å². The van der Waals surface area contributed by atoms with E-state index in [0.29, 0.717) is 17.2 Å². The van der Waals surface area contributed by atoms with Gasteiger partial charge in [-0.3, -0.25) is 0 Å². The van der Waals surface area contributed by atoms with Crippen LogP contribution in [0, 0.1) is 0 Å². The third-order valence-corrected chi connectivity index (χ3v) is 3.02. The number of hydrogen-bond acceptors (Lipinski definition) is 6. The average molecular weight is 282 g/mol. The van der Waals surface area contributed by atoms with Crippen molar-refractivity contribution < 1.29 is 4.84 Å². The van der Waals surface area contributed by atoms with Crippen LogP contribution in [0.3, 0.4) is 0 Å². The van der Waals surface area contributed by atoms with Crippen LogP contribution in [0.5, 0.6) is 0 Å². The molecule has 0 amide bonds. The Morgan fingerprint density at radius 3 is 3.10 bits per heavy atom. The van der Waals surface area contributed by atoms with Gasteiger partial charge < -0.3 is 20.9 Å². The summed E-state index contributed by atoms with van der Waals surface area (Å²) in [6, 6.07) is 7.96. The monoisotopic (exact) mass is 282 g/mol. The Morgan fingerprint density at radius 1 is 1.33 bits per heavy atom. The first kappa shape index (κ1) is 12.9. The van der Waals surface area contributed by atoms with Crippen LogP contribution in [-0.2, 0) is 4.84 Å². The van der Waals surface area contributed by atoms with Gasteiger partial charge in [0.1, 0.15) is 25.1 Å². The van der Waals surface area contributed by atoms with E-state index < -0.39 is 0 Å². The molecule has 106 valence electrons. The molecule has 7 nitrogen and oxygen atoms in total. The second-order valence-corrected chi connectivity index (χ2v) is 4.34. The Hall–Kier alpha value is -3.09. The van der Waals surface area contributed by atoms with Crippen molar-refractivity contribution in [1.29, 1.82) is 0 Å². The smallest absolute Gasteiger partial charge is 0.144 e. The molecule has 0 bridgehead atoms. The van der Waals surface area contributed by atoms with Gasteiger partial charge in [0.25, 0.3) is 0 Å². The molecule has 3 aromatic rings. The Morgan fingerprint density at radius 2 is 2.24 bits per heavy atom. The molecule has 2 heterocycles. The molecule has 0 fully saturated rings. The summed E-state index contributed by atoms with van der Waals surface area (Å²) in [4.78, 5) is 16.0. The fourth-order valence-electron chi connectivity index (χ4n) is 2.01. The van der Waals surface area contributed by atoms with Crippen LogP contribution in [0.15, 0.2) is 41.9 Å².